The van der Waals surface area contributed by atoms with Crippen LogP contribution in [-0.4, -0.2) is 62.1 Å². The molecule has 0 atom stereocenters. The molecular formula is C13H16BF4N5O2. The van der Waals surface area contributed by atoms with Crippen LogP contribution in [0, 0.1) is 0 Å². The summed E-state index contributed by atoms with van der Waals surface area (Å²) in [5.41, 5.74) is 1.44. The standard InChI is InChI=1S/C13H16N5O2.BF4/c1-16(2)13(17(3)4)20-18-12(9-19)10-7-5-6-8-11(10)14-15-18;2-1(3,4)5/h5-8H,1-4H3;/q+1;-1. The third kappa shape index (κ3) is 6.26. The number of benzene rings is 1. The van der Waals surface area contributed by atoms with E-state index in [9.17, 15) is 22.1 Å². The van der Waals surface area contributed by atoms with E-state index in [1.807, 2.05) is 46.3 Å². The molecule has 0 bridgehead atoms. The van der Waals surface area contributed by atoms with E-state index >= 15 is 0 Å². The fourth-order valence-corrected chi connectivity index (χ4v) is 1.80. The van der Waals surface area contributed by atoms with Gasteiger partial charge in [-0.05, 0) is 17.4 Å². The Bertz CT molecular complexity index is 719. The summed E-state index contributed by atoms with van der Waals surface area (Å²) in [6.07, 6.45) is 0. The Hall–Kier alpha value is -2.88. The molecule has 0 radical (unpaired) electrons. The van der Waals surface area contributed by atoms with Crippen LogP contribution in [0.25, 0.3) is 5.70 Å². The van der Waals surface area contributed by atoms with Gasteiger partial charge in [0.1, 0.15) is 0 Å². The maximum absolute atomic E-state index is 11.2. The molecule has 1 aliphatic rings. The third-order valence-electron chi connectivity index (χ3n) is 2.61. The summed E-state index contributed by atoms with van der Waals surface area (Å²) in [5.74, 6) is 1.86. The van der Waals surface area contributed by atoms with Gasteiger partial charge >= 0.3 is 13.3 Å². The van der Waals surface area contributed by atoms with Gasteiger partial charge in [0.2, 0.25) is 0 Å². The molecule has 136 valence electrons. The van der Waals surface area contributed by atoms with Gasteiger partial charge in [0.05, 0.1) is 33.9 Å². The average Bonchev–Trinajstić information content (AvgIpc) is 2.49. The molecule has 0 spiro atoms. The number of amidine groups is 1. The molecule has 0 saturated heterocycles. The summed E-state index contributed by atoms with van der Waals surface area (Å²) < 4.78 is 40.8. The molecule has 0 N–H and O–H groups in total. The van der Waals surface area contributed by atoms with E-state index in [0.29, 0.717) is 17.3 Å². The van der Waals surface area contributed by atoms with Crippen LogP contribution < -0.4 is 0 Å². The van der Waals surface area contributed by atoms with Gasteiger partial charge in [0.25, 0.3) is 0 Å². The van der Waals surface area contributed by atoms with Crippen molar-refractivity contribution in [2.75, 3.05) is 28.2 Å². The molecule has 1 heterocycles. The highest BCUT2D eigenvalue weighted by Crippen LogP contribution is 2.32. The summed E-state index contributed by atoms with van der Waals surface area (Å²) in [6, 6.07) is 7.70. The Morgan fingerprint density at radius 2 is 1.80 bits per heavy atom. The summed E-state index contributed by atoms with van der Waals surface area (Å²) in [6.45, 7) is 0. The molecular weight excluding hydrogens is 345 g/mol. The molecule has 7 nitrogen and oxygen atoms in total. The van der Waals surface area contributed by atoms with Gasteiger partial charge in [-0.3, -0.25) is 4.84 Å². The van der Waals surface area contributed by atoms with Crippen molar-refractivity contribution < 1.29 is 31.5 Å². The van der Waals surface area contributed by atoms with Crippen LogP contribution >= 0.6 is 0 Å². The summed E-state index contributed by atoms with van der Waals surface area (Å²) in [4.78, 5) is 18.6. The molecule has 2 rings (SSSR count). The van der Waals surface area contributed by atoms with Gasteiger partial charge in [-0.25, -0.2) is 14.3 Å². The van der Waals surface area contributed by atoms with E-state index in [-0.39, 0.29) is 5.70 Å². The normalized spacial score (nSPS) is 12.5. The Kier molecular flexibility index (Phi) is 6.69. The van der Waals surface area contributed by atoms with Crippen molar-refractivity contribution in [2.45, 2.75) is 0 Å². The zero-order valence-corrected chi connectivity index (χ0v) is 14.0. The lowest BCUT2D eigenvalue weighted by molar-refractivity contribution is -0.485. The van der Waals surface area contributed by atoms with Crippen molar-refractivity contribution in [3.63, 3.8) is 0 Å². The molecule has 0 aromatic heterocycles. The fourth-order valence-electron chi connectivity index (χ4n) is 1.80. The molecule has 1 aromatic rings. The van der Waals surface area contributed by atoms with E-state index < -0.39 is 7.25 Å². The Morgan fingerprint density at radius 3 is 2.28 bits per heavy atom. The maximum atomic E-state index is 11.2. The predicted octanol–water partition coefficient (Wildman–Crippen LogP) is 2.59. The van der Waals surface area contributed by atoms with Crippen molar-refractivity contribution in [1.29, 1.82) is 0 Å². The lowest BCUT2D eigenvalue weighted by Crippen LogP contribution is -2.37. The number of hydrogen-bond donors (Lipinski definition) is 0. The molecule has 25 heavy (non-hydrogen) atoms. The second-order valence-electron chi connectivity index (χ2n) is 5.09. The molecule has 0 amide bonds. The minimum absolute atomic E-state index is 0.191. The van der Waals surface area contributed by atoms with Crippen LogP contribution in [0.1, 0.15) is 5.56 Å². The topological polar surface area (TPSA) is 60.5 Å². The van der Waals surface area contributed by atoms with E-state index in [1.165, 1.54) is 0 Å². The maximum Gasteiger partial charge on any atom is 0.673 e. The van der Waals surface area contributed by atoms with Gasteiger partial charge in [-0.1, -0.05) is 17.3 Å². The number of nitrogens with zero attached hydrogens (tertiary/aromatic N) is 5. The van der Waals surface area contributed by atoms with E-state index in [4.69, 9.17) is 4.84 Å². The van der Waals surface area contributed by atoms with Crippen LogP contribution in [0.5, 0.6) is 0 Å². The van der Waals surface area contributed by atoms with Gasteiger partial charge < -0.3 is 17.3 Å². The van der Waals surface area contributed by atoms with Crippen LogP contribution in [0.15, 0.2) is 34.6 Å². The lowest BCUT2D eigenvalue weighted by atomic mass is 10.1. The Balaban J connectivity index is 0.000000550. The van der Waals surface area contributed by atoms with Crippen LogP contribution in [0.3, 0.4) is 0 Å². The monoisotopic (exact) mass is 361 g/mol. The number of hydroxylamine groups is 1. The molecule has 0 aliphatic carbocycles. The van der Waals surface area contributed by atoms with Crippen molar-refractivity contribution in [3.05, 3.63) is 29.8 Å². The quantitative estimate of drug-likeness (QED) is 0.193. The predicted molar refractivity (Wildman–Crippen MR) is 84.0 cm³/mol. The molecule has 1 aromatic carbocycles. The summed E-state index contributed by atoms with van der Waals surface area (Å²) >= 11 is 0. The highest BCUT2D eigenvalue weighted by molar-refractivity contribution is 6.50. The smallest absolute Gasteiger partial charge is 0.418 e. The van der Waals surface area contributed by atoms with Gasteiger partial charge in [-0.2, -0.15) is 0 Å². The highest BCUT2D eigenvalue weighted by Gasteiger charge is 2.27. The number of fused-ring (bicyclic) bond motifs is 1. The van der Waals surface area contributed by atoms with Crippen molar-refractivity contribution in [3.8, 4) is 0 Å². The first-order chi connectivity index (χ1) is 11.5. The number of rotatable bonds is 1. The van der Waals surface area contributed by atoms with Gasteiger partial charge in [0, 0.05) is 5.56 Å². The lowest BCUT2D eigenvalue weighted by Gasteiger charge is -2.22. The van der Waals surface area contributed by atoms with E-state index in [1.54, 1.807) is 21.6 Å². The number of carbonyl (C=O) groups excluding carboxylic acids is 1. The third-order valence-corrected chi connectivity index (χ3v) is 2.61. The molecule has 1 aliphatic heterocycles. The van der Waals surface area contributed by atoms with Gasteiger partial charge in [-0.15, -0.1) is 5.11 Å². The molecule has 12 heteroatoms. The van der Waals surface area contributed by atoms with Crippen LogP contribution in [0.2, 0.25) is 0 Å². The molecule has 0 fully saturated rings. The fraction of sp³-hybridized carbons (Fsp3) is 0.308. The SMILES string of the molecule is CN(C)C(ON1N=Nc2ccccc2C1=C=O)=[N+](C)C.F[B-](F)(F)F. The first kappa shape index (κ1) is 20.2. The second kappa shape index (κ2) is 8.29. The molecule has 0 unspecified atom stereocenters. The van der Waals surface area contributed by atoms with Crippen LogP contribution in [0.4, 0.5) is 23.0 Å². The van der Waals surface area contributed by atoms with Crippen molar-refractivity contribution in [2.24, 2.45) is 10.3 Å². The summed E-state index contributed by atoms with van der Waals surface area (Å²) in [5, 5.41) is 8.98. The first-order valence-corrected chi connectivity index (χ1v) is 6.87. The Labute approximate surface area is 141 Å². The minimum Gasteiger partial charge on any atom is -0.418 e. The average molecular weight is 361 g/mol. The largest absolute Gasteiger partial charge is 0.673 e. The van der Waals surface area contributed by atoms with Crippen molar-refractivity contribution in [1.82, 2.24) is 10.1 Å². The van der Waals surface area contributed by atoms with Crippen molar-refractivity contribution >= 4 is 30.6 Å². The summed E-state index contributed by atoms with van der Waals surface area (Å²) in [7, 11) is 1.31. The second-order valence-corrected chi connectivity index (χ2v) is 5.09. The Morgan fingerprint density at radius 1 is 1.24 bits per heavy atom. The van der Waals surface area contributed by atoms with Gasteiger partial charge in [0.15, 0.2) is 11.6 Å². The van der Waals surface area contributed by atoms with E-state index in [2.05, 4.69) is 10.3 Å². The highest BCUT2D eigenvalue weighted by atomic mass is 19.5. The first-order valence-electron chi connectivity index (χ1n) is 6.87. The number of halogens is 4. The zero-order chi connectivity index (χ0) is 19.2. The minimum atomic E-state index is -6.00. The molecule has 0 saturated carbocycles. The number of hydrogen-bond acceptors (Lipinski definition) is 5. The van der Waals surface area contributed by atoms with Crippen LogP contribution in [-0.2, 0) is 9.63 Å². The van der Waals surface area contributed by atoms with E-state index in [0.717, 1.165) is 5.17 Å². The zero-order valence-electron chi connectivity index (χ0n) is 14.0.